The maximum Gasteiger partial charge on any atom is 0.328 e. The fourth-order valence-corrected chi connectivity index (χ4v) is 0.704. The van der Waals surface area contributed by atoms with Crippen molar-refractivity contribution in [1.82, 2.24) is 4.98 Å². The van der Waals surface area contributed by atoms with Crippen molar-refractivity contribution in [3.63, 3.8) is 0 Å². The standard InChI is InChI=1S/C8H7NO3/c10-7-3-6(4-9-5-7)1-2-8(11)12/h1-5,10H,(H,11,12). The number of carboxylic acid groups (broad SMARTS) is 1. The molecule has 0 fully saturated rings. The van der Waals surface area contributed by atoms with Gasteiger partial charge in [0.05, 0.1) is 6.20 Å². The summed E-state index contributed by atoms with van der Waals surface area (Å²) in [5.41, 5.74) is 0.553. The molecule has 4 nitrogen and oxygen atoms in total. The SMILES string of the molecule is O=C(O)C=Cc1cncc(O)c1. The van der Waals surface area contributed by atoms with Crippen LogP contribution in [-0.4, -0.2) is 21.2 Å². The third-order valence-corrected chi connectivity index (χ3v) is 1.16. The van der Waals surface area contributed by atoms with Gasteiger partial charge in [0.15, 0.2) is 0 Å². The van der Waals surface area contributed by atoms with Crippen LogP contribution in [0, 0.1) is 0 Å². The maximum absolute atomic E-state index is 10.1. The molecule has 0 spiro atoms. The smallest absolute Gasteiger partial charge is 0.328 e. The van der Waals surface area contributed by atoms with Crippen LogP contribution in [0.5, 0.6) is 5.75 Å². The van der Waals surface area contributed by atoms with Crippen molar-refractivity contribution in [3.8, 4) is 5.75 Å². The third kappa shape index (κ3) is 2.42. The molecule has 0 bridgehead atoms. The zero-order chi connectivity index (χ0) is 8.97. The Morgan fingerprint density at radius 3 is 2.83 bits per heavy atom. The van der Waals surface area contributed by atoms with E-state index in [1.54, 1.807) is 0 Å². The van der Waals surface area contributed by atoms with Gasteiger partial charge in [-0.2, -0.15) is 0 Å². The molecule has 4 heteroatoms. The van der Waals surface area contributed by atoms with Crippen LogP contribution >= 0.6 is 0 Å². The Kier molecular flexibility index (Phi) is 2.42. The van der Waals surface area contributed by atoms with Crippen LogP contribution in [-0.2, 0) is 4.79 Å². The minimum Gasteiger partial charge on any atom is -0.506 e. The lowest BCUT2D eigenvalue weighted by Gasteiger charge is -1.92. The number of pyridine rings is 1. The highest BCUT2D eigenvalue weighted by molar-refractivity contribution is 5.85. The van der Waals surface area contributed by atoms with Gasteiger partial charge in [0.25, 0.3) is 0 Å². The van der Waals surface area contributed by atoms with Gasteiger partial charge in [0.1, 0.15) is 5.75 Å². The van der Waals surface area contributed by atoms with Crippen LogP contribution in [0.25, 0.3) is 6.08 Å². The summed E-state index contributed by atoms with van der Waals surface area (Å²) in [6, 6.07) is 1.42. The molecule has 0 saturated heterocycles. The molecule has 0 aliphatic carbocycles. The number of carbonyl (C=O) groups is 1. The summed E-state index contributed by atoms with van der Waals surface area (Å²) < 4.78 is 0. The topological polar surface area (TPSA) is 70.4 Å². The first-order valence-electron chi connectivity index (χ1n) is 3.23. The second-order valence-electron chi connectivity index (χ2n) is 2.15. The largest absolute Gasteiger partial charge is 0.506 e. The Morgan fingerprint density at radius 1 is 1.50 bits per heavy atom. The Balaban J connectivity index is 2.83. The molecule has 0 aliphatic heterocycles. The van der Waals surface area contributed by atoms with Gasteiger partial charge < -0.3 is 10.2 Å². The highest BCUT2D eigenvalue weighted by Crippen LogP contribution is 2.09. The Hall–Kier alpha value is -1.84. The molecule has 0 aliphatic rings. The van der Waals surface area contributed by atoms with Crippen LogP contribution in [0.15, 0.2) is 24.5 Å². The van der Waals surface area contributed by atoms with Crippen molar-refractivity contribution < 1.29 is 15.0 Å². The molecule has 1 heterocycles. The summed E-state index contributed by atoms with van der Waals surface area (Å²) >= 11 is 0. The quantitative estimate of drug-likeness (QED) is 0.638. The number of aromatic hydroxyl groups is 1. The molecule has 1 aromatic rings. The molecular formula is C8H7NO3. The minimum absolute atomic E-state index is 0.0162. The van der Waals surface area contributed by atoms with Gasteiger partial charge in [0, 0.05) is 12.3 Å². The monoisotopic (exact) mass is 165 g/mol. The average Bonchev–Trinajstić information content (AvgIpc) is 2.01. The lowest BCUT2D eigenvalue weighted by atomic mass is 10.2. The molecule has 0 saturated carbocycles. The summed E-state index contributed by atoms with van der Waals surface area (Å²) in [7, 11) is 0. The number of carboxylic acids is 1. The van der Waals surface area contributed by atoms with E-state index in [-0.39, 0.29) is 5.75 Å². The van der Waals surface area contributed by atoms with E-state index >= 15 is 0 Å². The average molecular weight is 165 g/mol. The van der Waals surface area contributed by atoms with E-state index in [0.717, 1.165) is 6.08 Å². The van der Waals surface area contributed by atoms with Gasteiger partial charge in [0.2, 0.25) is 0 Å². The molecule has 62 valence electrons. The van der Waals surface area contributed by atoms with E-state index in [0.29, 0.717) is 5.56 Å². The first-order chi connectivity index (χ1) is 5.68. The lowest BCUT2D eigenvalue weighted by molar-refractivity contribution is -0.131. The third-order valence-electron chi connectivity index (χ3n) is 1.16. The molecule has 0 unspecified atom stereocenters. The molecule has 12 heavy (non-hydrogen) atoms. The highest BCUT2D eigenvalue weighted by Gasteiger charge is 1.91. The Bertz CT molecular complexity index is 320. The van der Waals surface area contributed by atoms with E-state index in [9.17, 15) is 4.79 Å². The summed E-state index contributed by atoms with van der Waals surface area (Å²) in [6.45, 7) is 0. The van der Waals surface area contributed by atoms with Crippen LogP contribution in [0.4, 0.5) is 0 Å². The normalized spacial score (nSPS) is 10.3. The van der Waals surface area contributed by atoms with E-state index in [1.807, 2.05) is 0 Å². The van der Waals surface area contributed by atoms with Crippen LogP contribution in [0.1, 0.15) is 5.56 Å². The summed E-state index contributed by atoms with van der Waals surface area (Å²) in [5.74, 6) is -1.01. The summed E-state index contributed by atoms with van der Waals surface area (Å²) in [5, 5.41) is 17.2. The van der Waals surface area contributed by atoms with Crippen LogP contribution in [0.2, 0.25) is 0 Å². The predicted molar refractivity (Wildman–Crippen MR) is 42.6 cm³/mol. The number of hydrogen-bond acceptors (Lipinski definition) is 3. The molecule has 2 N–H and O–H groups in total. The van der Waals surface area contributed by atoms with Crippen molar-refractivity contribution in [2.45, 2.75) is 0 Å². The molecule has 0 atom stereocenters. The zero-order valence-corrected chi connectivity index (χ0v) is 6.14. The van der Waals surface area contributed by atoms with E-state index < -0.39 is 5.97 Å². The maximum atomic E-state index is 10.1. The number of nitrogens with zero attached hydrogens (tertiary/aromatic N) is 1. The summed E-state index contributed by atoms with van der Waals surface area (Å²) in [6.07, 6.45) is 5.07. The van der Waals surface area contributed by atoms with Crippen molar-refractivity contribution >= 4 is 12.0 Å². The number of aromatic nitrogens is 1. The Labute approximate surface area is 68.8 Å². The van der Waals surface area contributed by atoms with Crippen molar-refractivity contribution in [2.75, 3.05) is 0 Å². The van der Waals surface area contributed by atoms with E-state index in [2.05, 4.69) is 4.98 Å². The highest BCUT2D eigenvalue weighted by atomic mass is 16.4. The van der Waals surface area contributed by atoms with Crippen molar-refractivity contribution in [2.24, 2.45) is 0 Å². The van der Waals surface area contributed by atoms with Gasteiger partial charge in [-0.15, -0.1) is 0 Å². The van der Waals surface area contributed by atoms with Gasteiger partial charge in [-0.1, -0.05) is 0 Å². The van der Waals surface area contributed by atoms with Crippen LogP contribution in [0.3, 0.4) is 0 Å². The Morgan fingerprint density at radius 2 is 2.25 bits per heavy atom. The number of hydrogen-bond donors (Lipinski definition) is 2. The lowest BCUT2D eigenvalue weighted by Crippen LogP contribution is -1.85. The molecule has 1 aromatic heterocycles. The molecular weight excluding hydrogens is 158 g/mol. The first-order valence-corrected chi connectivity index (χ1v) is 3.23. The first kappa shape index (κ1) is 8.26. The molecule has 1 rings (SSSR count). The molecule has 0 amide bonds. The van der Waals surface area contributed by atoms with Crippen LogP contribution < -0.4 is 0 Å². The van der Waals surface area contributed by atoms with E-state index in [4.69, 9.17) is 10.2 Å². The predicted octanol–water partition coefficient (Wildman–Crippen LogP) is 0.885. The van der Waals surface area contributed by atoms with Crippen molar-refractivity contribution in [1.29, 1.82) is 0 Å². The molecule has 0 radical (unpaired) electrons. The number of aliphatic carboxylic acids is 1. The van der Waals surface area contributed by atoms with Gasteiger partial charge >= 0.3 is 5.97 Å². The van der Waals surface area contributed by atoms with Gasteiger partial charge in [-0.3, -0.25) is 4.98 Å². The second kappa shape index (κ2) is 3.52. The van der Waals surface area contributed by atoms with Gasteiger partial charge in [-0.05, 0) is 17.7 Å². The van der Waals surface area contributed by atoms with E-state index in [1.165, 1.54) is 24.5 Å². The second-order valence-corrected chi connectivity index (χ2v) is 2.15. The molecule has 0 aromatic carbocycles. The van der Waals surface area contributed by atoms with Crippen molar-refractivity contribution in [3.05, 3.63) is 30.1 Å². The van der Waals surface area contributed by atoms with Gasteiger partial charge in [-0.25, -0.2) is 4.79 Å². The minimum atomic E-state index is -1.03. The summed E-state index contributed by atoms with van der Waals surface area (Å²) in [4.78, 5) is 13.8. The fourth-order valence-electron chi connectivity index (χ4n) is 0.704. The number of rotatable bonds is 2. The fraction of sp³-hybridized carbons (Fsp3) is 0. The zero-order valence-electron chi connectivity index (χ0n) is 6.14.